The molecule has 4 nitrogen and oxygen atoms in total. The van der Waals surface area contributed by atoms with E-state index in [2.05, 4.69) is 31.4 Å². The molecule has 1 N–H and O–H groups in total. The number of nitrogens with one attached hydrogen (secondary N) is 1. The number of likely N-dealkylation sites (N-methyl/N-ethyl adjacent to an activating group) is 1. The fourth-order valence-electron chi connectivity index (χ4n) is 1.37. The Morgan fingerprint density at radius 2 is 2.29 bits per heavy atom. The van der Waals surface area contributed by atoms with Crippen LogP contribution in [0, 0.1) is 5.82 Å². The Morgan fingerprint density at radius 1 is 1.47 bits per heavy atom. The van der Waals surface area contributed by atoms with Crippen LogP contribution in [-0.4, -0.2) is 23.7 Å². The fourth-order valence-corrected chi connectivity index (χ4v) is 1.90. The quantitative estimate of drug-likeness (QED) is 0.942. The zero-order chi connectivity index (χ0) is 12.3. The minimum atomic E-state index is -0.306. The lowest BCUT2D eigenvalue weighted by Crippen LogP contribution is -2.10. The van der Waals surface area contributed by atoms with Crippen molar-refractivity contribution in [3.8, 4) is 11.4 Å². The smallest absolute Gasteiger partial charge is 0.228 e. The van der Waals surface area contributed by atoms with Crippen LogP contribution < -0.4 is 5.32 Å². The second-order valence-corrected chi connectivity index (χ2v) is 4.34. The summed E-state index contributed by atoms with van der Waals surface area (Å²) in [7, 11) is 1.86. The molecule has 0 bridgehead atoms. The molecular formula is C11H11BrFN3O. The molecule has 0 fully saturated rings. The molecule has 2 rings (SSSR count). The van der Waals surface area contributed by atoms with Gasteiger partial charge in [0.2, 0.25) is 11.7 Å². The van der Waals surface area contributed by atoms with E-state index in [0.29, 0.717) is 28.2 Å². The summed E-state index contributed by atoms with van der Waals surface area (Å²) in [5.41, 5.74) is 0.714. The molecule has 0 atom stereocenters. The number of halogens is 2. The summed E-state index contributed by atoms with van der Waals surface area (Å²) in [4.78, 5) is 4.24. The van der Waals surface area contributed by atoms with Gasteiger partial charge in [0.25, 0.3) is 0 Å². The minimum absolute atomic E-state index is 0.306. The molecule has 0 spiro atoms. The van der Waals surface area contributed by atoms with Crippen LogP contribution in [0.3, 0.4) is 0 Å². The van der Waals surface area contributed by atoms with Crippen molar-refractivity contribution in [3.63, 3.8) is 0 Å². The number of rotatable bonds is 4. The summed E-state index contributed by atoms with van der Waals surface area (Å²) in [6.07, 6.45) is 0.669. The molecule has 1 aromatic heterocycles. The Balaban J connectivity index is 2.24. The van der Waals surface area contributed by atoms with Gasteiger partial charge in [-0.25, -0.2) is 4.39 Å². The number of hydrogen-bond acceptors (Lipinski definition) is 4. The normalized spacial score (nSPS) is 10.8. The third-order valence-electron chi connectivity index (χ3n) is 2.23. The molecule has 17 heavy (non-hydrogen) atoms. The molecule has 6 heteroatoms. The van der Waals surface area contributed by atoms with Crippen LogP contribution >= 0.6 is 15.9 Å². The zero-order valence-electron chi connectivity index (χ0n) is 9.20. The number of aromatic nitrogens is 2. The molecule has 2 aromatic rings. The lowest BCUT2D eigenvalue weighted by molar-refractivity contribution is 0.377. The molecule has 90 valence electrons. The Labute approximate surface area is 106 Å². The van der Waals surface area contributed by atoms with E-state index in [4.69, 9.17) is 4.52 Å². The first-order valence-electron chi connectivity index (χ1n) is 5.13. The monoisotopic (exact) mass is 299 g/mol. The first-order chi connectivity index (χ1) is 8.20. The Hall–Kier alpha value is -1.27. The van der Waals surface area contributed by atoms with Crippen molar-refractivity contribution in [2.75, 3.05) is 13.6 Å². The van der Waals surface area contributed by atoms with E-state index in [1.165, 1.54) is 12.1 Å². The third-order valence-corrected chi connectivity index (χ3v) is 2.89. The van der Waals surface area contributed by atoms with Crippen LogP contribution in [0.4, 0.5) is 4.39 Å². The van der Waals surface area contributed by atoms with Gasteiger partial charge in [-0.15, -0.1) is 0 Å². The van der Waals surface area contributed by atoms with Crippen LogP contribution in [0.25, 0.3) is 11.4 Å². The maximum absolute atomic E-state index is 12.9. The van der Waals surface area contributed by atoms with Gasteiger partial charge >= 0.3 is 0 Å². The van der Waals surface area contributed by atoms with Crippen LogP contribution in [0.2, 0.25) is 0 Å². The highest BCUT2D eigenvalue weighted by molar-refractivity contribution is 9.10. The van der Waals surface area contributed by atoms with Gasteiger partial charge in [0, 0.05) is 23.0 Å². The van der Waals surface area contributed by atoms with Crippen LogP contribution in [0.5, 0.6) is 0 Å². The molecule has 0 radical (unpaired) electrons. The Kier molecular flexibility index (Phi) is 3.86. The lowest BCUT2D eigenvalue weighted by Gasteiger charge is -1.98. The van der Waals surface area contributed by atoms with Gasteiger partial charge in [-0.05, 0) is 41.2 Å². The van der Waals surface area contributed by atoms with Crippen LogP contribution in [0.1, 0.15) is 5.89 Å². The van der Waals surface area contributed by atoms with Gasteiger partial charge in [0.15, 0.2) is 0 Å². The van der Waals surface area contributed by atoms with Crippen molar-refractivity contribution in [2.45, 2.75) is 6.42 Å². The van der Waals surface area contributed by atoms with E-state index in [0.717, 1.165) is 6.54 Å². The molecule has 0 unspecified atom stereocenters. The average molecular weight is 300 g/mol. The van der Waals surface area contributed by atoms with E-state index in [1.807, 2.05) is 7.05 Å². The Morgan fingerprint density at radius 3 is 3.00 bits per heavy atom. The van der Waals surface area contributed by atoms with Crippen molar-refractivity contribution in [3.05, 3.63) is 34.4 Å². The van der Waals surface area contributed by atoms with E-state index in [-0.39, 0.29) is 5.82 Å². The van der Waals surface area contributed by atoms with E-state index in [1.54, 1.807) is 6.07 Å². The zero-order valence-corrected chi connectivity index (χ0v) is 10.8. The van der Waals surface area contributed by atoms with E-state index >= 15 is 0 Å². The van der Waals surface area contributed by atoms with Crippen LogP contribution in [-0.2, 0) is 6.42 Å². The first kappa shape index (κ1) is 12.2. The molecule has 0 aliphatic heterocycles. The number of nitrogens with zero attached hydrogens (tertiary/aromatic N) is 2. The number of hydrogen-bond donors (Lipinski definition) is 1. The second-order valence-electron chi connectivity index (χ2n) is 3.49. The van der Waals surface area contributed by atoms with E-state index < -0.39 is 0 Å². The van der Waals surface area contributed by atoms with Gasteiger partial charge < -0.3 is 9.84 Å². The molecular weight excluding hydrogens is 289 g/mol. The highest BCUT2D eigenvalue weighted by atomic mass is 79.9. The van der Waals surface area contributed by atoms with Gasteiger partial charge in [0.1, 0.15) is 5.82 Å². The fraction of sp³-hybridized carbons (Fsp3) is 0.273. The van der Waals surface area contributed by atoms with Gasteiger partial charge in [-0.2, -0.15) is 4.98 Å². The lowest BCUT2D eigenvalue weighted by atomic mass is 10.2. The largest absolute Gasteiger partial charge is 0.339 e. The summed E-state index contributed by atoms with van der Waals surface area (Å²) < 4.78 is 18.6. The number of benzene rings is 1. The third kappa shape index (κ3) is 2.89. The summed E-state index contributed by atoms with van der Waals surface area (Å²) in [5, 5.41) is 6.86. The standard InChI is InChI=1S/C11H11BrFN3O/c1-14-5-4-10-15-11(16-17-10)8-3-2-7(13)6-9(8)12/h2-3,6,14H,4-5H2,1H3. The second kappa shape index (κ2) is 5.37. The van der Waals surface area contributed by atoms with E-state index in [9.17, 15) is 4.39 Å². The average Bonchev–Trinajstić information content (AvgIpc) is 2.75. The molecule has 0 saturated carbocycles. The predicted molar refractivity (Wildman–Crippen MR) is 65.0 cm³/mol. The molecule has 1 heterocycles. The topological polar surface area (TPSA) is 51.0 Å². The highest BCUT2D eigenvalue weighted by Gasteiger charge is 2.11. The SMILES string of the molecule is CNCCc1nc(-c2ccc(F)cc2Br)no1. The summed E-state index contributed by atoms with van der Waals surface area (Å²) in [6, 6.07) is 4.36. The summed E-state index contributed by atoms with van der Waals surface area (Å²) in [6.45, 7) is 0.770. The highest BCUT2D eigenvalue weighted by Crippen LogP contribution is 2.26. The predicted octanol–water partition coefficient (Wildman–Crippen LogP) is 2.40. The van der Waals surface area contributed by atoms with Gasteiger partial charge in [0.05, 0.1) is 0 Å². The molecule has 1 aromatic carbocycles. The molecule has 0 aliphatic rings. The van der Waals surface area contributed by atoms with Crippen molar-refractivity contribution < 1.29 is 8.91 Å². The van der Waals surface area contributed by atoms with Crippen molar-refractivity contribution in [1.82, 2.24) is 15.5 Å². The van der Waals surface area contributed by atoms with Crippen molar-refractivity contribution in [1.29, 1.82) is 0 Å². The molecule has 0 aliphatic carbocycles. The Bertz CT molecular complexity index is 515. The molecule has 0 saturated heterocycles. The first-order valence-corrected chi connectivity index (χ1v) is 5.92. The van der Waals surface area contributed by atoms with Crippen molar-refractivity contribution in [2.24, 2.45) is 0 Å². The summed E-state index contributed by atoms with van der Waals surface area (Å²) in [5.74, 6) is 0.716. The maximum atomic E-state index is 12.9. The van der Waals surface area contributed by atoms with Crippen LogP contribution in [0.15, 0.2) is 27.2 Å². The van der Waals surface area contributed by atoms with Crippen molar-refractivity contribution >= 4 is 15.9 Å². The minimum Gasteiger partial charge on any atom is -0.339 e. The molecule has 0 amide bonds. The van der Waals surface area contributed by atoms with Gasteiger partial charge in [-0.3, -0.25) is 0 Å². The summed E-state index contributed by atoms with van der Waals surface area (Å²) >= 11 is 3.27. The van der Waals surface area contributed by atoms with Gasteiger partial charge in [-0.1, -0.05) is 5.16 Å². The maximum Gasteiger partial charge on any atom is 0.228 e.